The minimum atomic E-state index is -0.364. The van der Waals surface area contributed by atoms with E-state index in [-0.39, 0.29) is 17.6 Å². The number of halogens is 1. The van der Waals surface area contributed by atoms with Crippen LogP contribution in [0.1, 0.15) is 18.5 Å². The Hall–Kier alpha value is -3.13. The van der Waals surface area contributed by atoms with E-state index in [2.05, 4.69) is 25.6 Å². The second kappa shape index (κ2) is 7.63. The summed E-state index contributed by atoms with van der Waals surface area (Å²) in [5, 5.41) is 7.15. The van der Waals surface area contributed by atoms with E-state index in [0.717, 1.165) is 5.39 Å². The van der Waals surface area contributed by atoms with Crippen LogP contribution in [0.15, 0.2) is 41.3 Å². The van der Waals surface area contributed by atoms with Gasteiger partial charge in [-0.2, -0.15) is 4.98 Å². The Bertz CT molecular complexity index is 1050. The molecule has 9 heteroatoms. The molecule has 8 nitrogen and oxygen atoms in total. The number of rotatable bonds is 4. The van der Waals surface area contributed by atoms with Crippen molar-refractivity contribution < 1.29 is 4.79 Å². The first-order chi connectivity index (χ1) is 12.8. The molecule has 2 amide bonds. The fourth-order valence-electron chi connectivity index (χ4n) is 2.51. The number of hydrogen-bond donors (Lipinski definition) is 3. The Morgan fingerprint density at radius 2 is 2.04 bits per heavy atom. The maximum Gasteiger partial charge on any atom is 0.322 e. The lowest BCUT2D eigenvalue weighted by Gasteiger charge is -2.15. The van der Waals surface area contributed by atoms with Crippen LogP contribution in [0.4, 0.5) is 16.6 Å². The van der Waals surface area contributed by atoms with Crippen molar-refractivity contribution >= 4 is 40.3 Å². The quantitative estimate of drug-likeness (QED) is 0.638. The highest BCUT2D eigenvalue weighted by molar-refractivity contribution is 6.31. The highest BCUT2D eigenvalue weighted by atomic mass is 35.5. The molecular formula is C18H19ClN6O2. The van der Waals surface area contributed by atoms with Gasteiger partial charge in [-0.25, -0.2) is 9.78 Å². The predicted octanol–water partition coefficient (Wildman–Crippen LogP) is 3.24. The van der Waals surface area contributed by atoms with Crippen molar-refractivity contribution in [2.45, 2.75) is 13.0 Å². The number of aromatic amines is 1. The molecule has 0 saturated carbocycles. The van der Waals surface area contributed by atoms with Gasteiger partial charge in [0.25, 0.3) is 5.56 Å². The molecule has 2 heterocycles. The van der Waals surface area contributed by atoms with Gasteiger partial charge in [-0.05, 0) is 37.3 Å². The summed E-state index contributed by atoms with van der Waals surface area (Å²) in [4.78, 5) is 36.8. The van der Waals surface area contributed by atoms with Crippen molar-refractivity contribution in [3.63, 3.8) is 0 Å². The molecule has 1 atom stereocenters. The number of nitrogens with zero attached hydrogens (tertiary/aromatic N) is 3. The third-order valence-electron chi connectivity index (χ3n) is 3.94. The SMILES string of the molecule is CC(Nc1nccc(NC(=O)N(C)C)n1)c1cc2cc(Cl)ccc2[nH]c1=O. The topological polar surface area (TPSA) is 103 Å². The van der Waals surface area contributed by atoms with Crippen molar-refractivity contribution in [1.29, 1.82) is 0 Å². The van der Waals surface area contributed by atoms with Crippen LogP contribution >= 0.6 is 11.6 Å². The van der Waals surface area contributed by atoms with Gasteiger partial charge in [0.15, 0.2) is 0 Å². The number of nitrogens with one attached hydrogen (secondary N) is 3. The van der Waals surface area contributed by atoms with Gasteiger partial charge in [-0.3, -0.25) is 10.1 Å². The van der Waals surface area contributed by atoms with Crippen molar-refractivity contribution in [2.24, 2.45) is 0 Å². The minimum absolute atomic E-state index is 0.207. The number of carbonyl (C=O) groups excluding carboxylic acids is 1. The molecule has 3 rings (SSSR count). The molecule has 0 aliphatic heterocycles. The van der Waals surface area contributed by atoms with E-state index in [9.17, 15) is 9.59 Å². The van der Waals surface area contributed by atoms with Gasteiger partial charge in [0.2, 0.25) is 5.95 Å². The molecule has 2 aromatic heterocycles. The zero-order chi connectivity index (χ0) is 19.6. The summed E-state index contributed by atoms with van der Waals surface area (Å²) in [5.41, 5.74) is 1.03. The predicted molar refractivity (Wildman–Crippen MR) is 106 cm³/mol. The average molecular weight is 387 g/mol. The molecule has 3 aromatic rings. The summed E-state index contributed by atoms with van der Waals surface area (Å²) in [6, 6.07) is 7.99. The highest BCUT2D eigenvalue weighted by Gasteiger charge is 2.13. The number of urea groups is 1. The summed E-state index contributed by atoms with van der Waals surface area (Å²) >= 11 is 6.04. The van der Waals surface area contributed by atoms with Crippen LogP contribution in [-0.4, -0.2) is 40.0 Å². The Labute approximate surface area is 160 Å². The van der Waals surface area contributed by atoms with Crippen molar-refractivity contribution in [3.8, 4) is 0 Å². The molecule has 0 aliphatic carbocycles. The number of aromatic nitrogens is 3. The van der Waals surface area contributed by atoms with Gasteiger partial charge in [-0.1, -0.05) is 11.6 Å². The number of H-pyrrole nitrogens is 1. The standard InChI is InChI=1S/C18H19ClN6O2/c1-10(13-9-11-8-12(19)4-5-14(11)22-16(13)26)21-17-20-7-6-15(23-17)24-18(27)25(2)3/h4-10H,1-3H3,(H,22,26)(H2,20,21,23,24,27). The Morgan fingerprint density at radius 3 is 2.78 bits per heavy atom. The summed E-state index contributed by atoms with van der Waals surface area (Å²) in [6.45, 7) is 1.83. The normalized spacial score (nSPS) is 11.9. The second-order valence-corrected chi connectivity index (χ2v) is 6.68. The molecule has 0 bridgehead atoms. The first-order valence-corrected chi connectivity index (χ1v) is 8.61. The van der Waals surface area contributed by atoms with E-state index in [4.69, 9.17) is 11.6 Å². The first-order valence-electron chi connectivity index (χ1n) is 8.24. The molecule has 1 unspecified atom stereocenters. The van der Waals surface area contributed by atoms with Crippen LogP contribution in [0.2, 0.25) is 5.02 Å². The number of benzene rings is 1. The minimum Gasteiger partial charge on any atom is -0.347 e. The van der Waals surface area contributed by atoms with E-state index >= 15 is 0 Å². The number of amides is 2. The van der Waals surface area contributed by atoms with E-state index in [0.29, 0.717) is 27.9 Å². The van der Waals surface area contributed by atoms with Crippen LogP contribution in [-0.2, 0) is 0 Å². The van der Waals surface area contributed by atoms with Gasteiger partial charge in [0.1, 0.15) is 5.82 Å². The zero-order valence-corrected chi connectivity index (χ0v) is 15.8. The highest BCUT2D eigenvalue weighted by Crippen LogP contribution is 2.21. The van der Waals surface area contributed by atoms with Crippen LogP contribution in [0.5, 0.6) is 0 Å². The van der Waals surface area contributed by atoms with Crippen LogP contribution in [0.25, 0.3) is 10.9 Å². The van der Waals surface area contributed by atoms with Crippen LogP contribution in [0, 0.1) is 0 Å². The van der Waals surface area contributed by atoms with Gasteiger partial charge >= 0.3 is 6.03 Å². The fourth-order valence-corrected chi connectivity index (χ4v) is 2.69. The van der Waals surface area contributed by atoms with Gasteiger partial charge < -0.3 is 15.2 Å². The summed E-state index contributed by atoms with van der Waals surface area (Å²) in [5.74, 6) is 0.655. The van der Waals surface area contributed by atoms with E-state index in [1.807, 2.05) is 6.92 Å². The van der Waals surface area contributed by atoms with E-state index in [1.54, 1.807) is 44.4 Å². The Kier molecular flexibility index (Phi) is 5.27. The first kappa shape index (κ1) is 18.7. The summed E-state index contributed by atoms with van der Waals surface area (Å²) < 4.78 is 0. The molecule has 0 saturated heterocycles. The Morgan fingerprint density at radius 1 is 1.26 bits per heavy atom. The maximum absolute atomic E-state index is 12.4. The smallest absolute Gasteiger partial charge is 0.322 e. The van der Waals surface area contributed by atoms with E-state index < -0.39 is 0 Å². The molecule has 3 N–H and O–H groups in total. The number of carbonyl (C=O) groups is 1. The van der Waals surface area contributed by atoms with Crippen molar-refractivity contribution in [1.82, 2.24) is 19.9 Å². The molecule has 0 radical (unpaired) electrons. The van der Waals surface area contributed by atoms with E-state index in [1.165, 1.54) is 11.1 Å². The maximum atomic E-state index is 12.4. The zero-order valence-electron chi connectivity index (χ0n) is 15.1. The van der Waals surface area contributed by atoms with Gasteiger partial charge in [-0.15, -0.1) is 0 Å². The van der Waals surface area contributed by atoms with Gasteiger partial charge in [0.05, 0.1) is 6.04 Å². The molecule has 1 aromatic carbocycles. The molecule has 140 valence electrons. The third kappa shape index (κ3) is 4.35. The fraction of sp³-hybridized carbons (Fsp3) is 0.222. The van der Waals surface area contributed by atoms with Crippen LogP contribution in [0.3, 0.4) is 0 Å². The summed E-state index contributed by atoms with van der Waals surface area (Å²) in [7, 11) is 3.27. The molecule has 0 spiro atoms. The molecule has 0 aliphatic rings. The third-order valence-corrected chi connectivity index (χ3v) is 4.18. The number of hydrogen-bond acceptors (Lipinski definition) is 5. The second-order valence-electron chi connectivity index (χ2n) is 6.24. The molecular weight excluding hydrogens is 368 g/mol. The number of fused-ring (bicyclic) bond motifs is 1. The lowest BCUT2D eigenvalue weighted by Crippen LogP contribution is -2.28. The Balaban J connectivity index is 1.84. The average Bonchev–Trinajstić information content (AvgIpc) is 2.61. The molecule has 0 fully saturated rings. The monoisotopic (exact) mass is 386 g/mol. The molecule has 27 heavy (non-hydrogen) atoms. The van der Waals surface area contributed by atoms with Crippen molar-refractivity contribution in [3.05, 3.63) is 57.5 Å². The lowest BCUT2D eigenvalue weighted by molar-refractivity contribution is 0.230. The number of pyridine rings is 1. The summed E-state index contributed by atoms with van der Waals surface area (Å²) in [6.07, 6.45) is 1.53. The van der Waals surface area contributed by atoms with Gasteiger partial charge in [0, 0.05) is 41.8 Å². The van der Waals surface area contributed by atoms with Crippen molar-refractivity contribution in [2.75, 3.05) is 24.7 Å². The largest absolute Gasteiger partial charge is 0.347 e. The van der Waals surface area contributed by atoms with Crippen LogP contribution < -0.4 is 16.2 Å². The lowest BCUT2D eigenvalue weighted by atomic mass is 10.1. The number of anilines is 2.